The number of rotatable bonds is 4. The normalized spacial score (nSPS) is 21.8. The van der Waals surface area contributed by atoms with E-state index in [4.69, 9.17) is 4.74 Å². The van der Waals surface area contributed by atoms with Crippen LogP contribution in [0, 0.1) is 11.7 Å². The molecule has 1 atom stereocenters. The molecule has 2 fully saturated rings. The van der Waals surface area contributed by atoms with Gasteiger partial charge in [-0.2, -0.15) is 0 Å². The maximum absolute atomic E-state index is 14.2. The first kappa shape index (κ1) is 17.0. The molecular formula is C18H25FN2O3. The highest BCUT2D eigenvalue weighted by Crippen LogP contribution is 2.28. The molecule has 6 heteroatoms. The average molecular weight is 336 g/mol. The highest BCUT2D eigenvalue weighted by Gasteiger charge is 2.23. The molecule has 0 bridgehead atoms. The van der Waals surface area contributed by atoms with Crippen LogP contribution in [0.2, 0.25) is 0 Å². The number of urea groups is 1. The average Bonchev–Trinajstić information content (AvgIpc) is 3.10. The molecule has 1 unspecified atom stereocenters. The Bertz CT molecular complexity index is 575. The van der Waals surface area contributed by atoms with Crippen molar-refractivity contribution in [2.75, 3.05) is 25.0 Å². The van der Waals surface area contributed by atoms with Crippen LogP contribution in [0.5, 0.6) is 5.75 Å². The summed E-state index contributed by atoms with van der Waals surface area (Å²) in [6, 6.07) is 4.29. The van der Waals surface area contributed by atoms with E-state index in [2.05, 4.69) is 5.32 Å². The van der Waals surface area contributed by atoms with E-state index in [0.717, 1.165) is 38.5 Å². The predicted molar refractivity (Wildman–Crippen MR) is 89.7 cm³/mol. The molecule has 0 aromatic heterocycles. The molecule has 1 aromatic rings. The number of carbonyl (C=O) groups excluding carboxylic acids is 1. The van der Waals surface area contributed by atoms with Crippen LogP contribution < -0.4 is 10.1 Å². The van der Waals surface area contributed by atoms with Gasteiger partial charge in [0.15, 0.2) is 11.6 Å². The Hall–Kier alpha value is -1.82. The van der Waals surface area contributed by atoms with E-state index in [-0.39, 0.29) is 30.4 Å². The first-order valence-electron chi connectivity index (χ1n) is 8.78. The summed E-state index contributed by atoms with van der Waals surface area (Å²) < 4.78 is 19.9. The van der Waals surface area contributed by atoms with E-state index in [1.807, 2.05) is 0 Å². The molecule has 1 aromatic carbocycles. The second kappa shape index (κ2) is 7.83. The minimum atomic E-state index is -0.452. The van der Waals surface area contributed by atoms with Crippen molar-refractivity contribution in [1.82, 2.24) is 4.90 Å². The number of benzene rings is 1. The number of ether oxygens (including phenoxy) is 1. The van der Waals surface area contributed by atoms with E-state index in [1.165, 1.54) is 6.07 Å². The smallest absolute Gasteiger partial charge is 0.321 e. The standard InChI is InChI=1S/C18H25FN2O3/c19-16-10-14(7-8-17(16)24-15-5-1-2-6-15)20-18(23)21-9-3-4-13(11-21)12-22/h7-8,10,13,15,22H,1-6,9,11-12H2,(H,20,23). The number of carbonyl (C=O) groups is 1. The Morgan fingerprint density at radius 1 is 1.29 bits per heavy atom. The van der Waals surface area contributed by atoms with Crippen LogP contribution in [0.3, 0.4) is 0 Å². The third-order valence-electron chi connectivity index (χ3n) is 4.84. The second-order valence-electron chi connectivity index (χ2n) is 6.74. The Morgan fingerprint density at radius 3 is 2.79 bits per heavy atom. The van der Waals surface area contributed by atoms with E-state index in [0.29, 0.717) is 18.8 Å². The van der Waals surface area contributed by atoms with Crippen LogP contribution in [0.25, 0.3) is 0 Å². The van der Waals surface area contributed by atoms with Crippen LogP contribution in [-0.2, 0) is 0 Å². The molecule has 1 saturated carbocycles. The predicted octanol–water partition coefficient (Wildman–Crippen LogP) is 3.38. The van der Waals surface area contributed by atoms with Gasteiger partial charge in [0.1, 0.15) is 0 Å². The number of piperidine rings is 1. The zero-order valence-electron chi connectivity index (χ0n) is 13.8. The van der Waals surface area contributed by atoms with Crippen molar-refractivity contribution in [1.29, 1.82) is 0 Å². The zero-order chi connectivity index (χ0) is 16.9. The van der Waals surface area contributed by atoms with Gasteiger partial charge < -0.3 is 20.1 Å². The van der Waals surface area contributed by atoms with Gasteiger partial charge in [-0.3, -0.25) is 0 Å². The topological polar surface area (TPSA) is 61.8 Å². The second-order valence-corrected chi connectivity index (χ2v) is 6.74. The van der Waals surface area contributed by atoms with Gasteiger partial charge >= 0.3 is 6.03 Å². The van der Waals surface area contributed by atoms with Gasteiger partial charge in [0.2, 0.25) is 0 Å². The summed E-state index contributed by atoms with van der Waals surface area (Å²) in [6.45, 7) is 1.28. The largest absolute Gasteiger partial charge is 0.487 e. The monoisotopic (exact) mass is 336 g/mol. The van der Waals surface area contributed by atoms with Crippen molar-refractivity contribution < 1.29 is 19.0 Å². The minimum absolute atomic E-state index is 0.0889. The molecule has 0 spiro atoms. The van der Waals surface area contributed by atoms with Gasteiger partial charge in [-0.05, 0) is 56.6 Å². The SMILES string of the molecule is O=C(Nc1ccc(OC2CCCC2)c(F)c1)N1CCCC(CO)C1. The fourth-order valence-electron chi connectivity index (χ4n) is 3.46. The van der Waals surface area contributed by atoms with Gasteiger partial charge in [-0.25, -0.2) is 9.18 Å². The van der Waals surface area contributed by atoms with Gasteiger partial charge in [-0.1, -0.05) is 0 Å². The van der Waals surface area contributed by atoms with Crippen LogP contribution in [0.1, 0.15) is 38.5 Å². The van der Waals surface area contributed by atoms with Crippen molar-refractivity contribution in [3.05, 3.63) is 24.0 Å². The lowest BCUT2D eigenvalue weighted by Crippen LogP contribution is -2.43. The Labute approximate surface area is 141 Å². The number of nitrogens with zero attached hydrogens (tertiary/aromatic N) is 1. The van der Waals surface area contributed by atoms with E-state index < -0.39 is 5.82 Å². The van der Waals surface area contributed by atoms with E-state index >= 15 is 0 Å². The first-order chi connectivity index (χ1) is 11.7. The Kier molecular flexibility index (Phi) is 5.56. The number of aliphatic hydroxyl groups is 1. The molecule has 2 amide bonds. The Morgan fingerprint density at radius 2 is 2.08 bits per heavy atom. The molecule has 2 aliphatic rings. The maximum atomic E-state index is 14.2. The molecule has 3 rings (SSSR count). The highest BCUT2D eigenvalue weighted by molar-refractivity contribution is 5.89. The van der Waals surface area contributed by atoms with Crippen LogP contribution in [0.15, 0.2) is 18.2 Å². The molecule has 1 aliphatic heterocycles. The fraction of sp³-hybridized carbons (Fsp3) is 0.611. The first-order valence-corrected chi connectivity index (χ1v) is 8.78. The summed E-state index contributed by atoms with van der Waals surface area (Å²) in [4.78, 5) is 14.0. The van der Waals surface area contributed by atoms with Crippen molar-refractivity contribution in [2.24, 2.45) is 5.92 Å². The molecule has 1 saturated heterocycles. The van der Waals surface area contributed by atoms with Crippen LogP contribution in [-0.4, -0.2) is 41.8 Å². The third kappa shape index (κ3) is 4.17. The summed E-state index contributed by atoms with van der Waals surface area (Å²) >= 11 is 0. The van der Waals surface area contributed by atoms with Gasteiger partial charge in [0.05, 0.1) is 6.10 Å². The number of hydrogen-bond acceptors (Lipinski definition) is 3. The third-order valence-corrected chi connectivity index (χ3v) is 4.84. The molecular weight excluding hydrogens is 311 g/mol. The van der Waals surface area contributed by atoms with Crippen molar-refractivity contribution >= 4 is 11.7 Å². The van der Waals surface area contributed by atoms with Crippen molar-refractivity contribution in [3.8, 4) is 5.75 Å². The quantitative estimate of drug-likeness (QED) is 0.886. The summed E-state index contributed by atoms with van der Waals surface area (Å²) in [5, 5.41) is 12.0. The summed E-state index contributed by atoms with van der Waals surface area (Å²) in [7, 11) is 0. The number of anilines is 1. The minimum Gasteiger partial charge on any atom is -0.487 e. The van der Waals surface area contributed by atoms with Gasteiger partial charge in [-0.15, -0.1) is 0 Å². The summed E-state index contributed by atoms with van der Waals surface area (Å²) in [5.74, 6) is -0.0757. The zero-order valence-corrected chi connectivity index (χ0v) is 13.8. The number of amides is 2. The molecule has 2 N–H and O–H groups in total. The lowest BCUT2D eigenvalue weighted by molar-refractivity contribution is 0.136. The number of likely N-dealkylation sites (tertiary alicyclic amines) is 1. The van der Waals surface area contributed by atoms with Crippen LogP contribution >= 0.6 is 0 Å². The van der Waals surface area contributed by atoms with Crippen molar-refractivity contribution in [3.63, 3.8) is 0 Å². The lowest BCUT2D eigenvalue weighted by Gasteiger charge is -2.31. The molecule has 0 radical (unpaired) electrons. The number of aliphatic hydroxyl groups excluding tert-OH is 1. The molecule has 1 aliphatic carbocycles. The summed E-state index contributed by atoms with van der Waals surface area (Å²) in [6.07, 6.45) is 6.11. The molecule has 24 heavy (non-hydrogen) atoms. The van der Waals surface area contributed by atoms with Gasteiger partial charge in [0, 0.05) is 31.5 Å². The van der Waals surface area contributed by atoms with Crippen LogP contribution in [0.4, 0.5) is 14.9 Å². The maximum Gasteiger partial charge on any atom is 0.321 e. The number of hydrogen-bond donors (Lipinski definition) is 2. The number of halogens is 1. The highest BCUT2D eigenvalue weighted by atomic mass is 19.1. The Balaban J connectivity index is 1.58. The molecule has 132 valence electrons. The van der Waals surface area contributed by atoms with E-state index in [1.54, 1.807) is 17.0 Å². The molecule has 1 heterocycles. The fourth-order valence-corrected chi connectivity index (χ4v) is 3.46. The van der Waals surface area contributed by atoms with E-state index in [9.17, 15) is 14.3 Å². The molecule has 5 nitrogen and oxygen atoms in total. The number of nitrogens with one attached hydrogen (secondary N) is 1. The van der Waals surface area contributed by atoms with Crippen molar-refractivity contribution in [2.45, 2.75) is 44.6 Å². The van der Waals surface area contributed by atoms with Gasteiger partial charge in [0.25, 0.3) is 0 Å². The lowest BCUT2D eigenvalue weighted by atomic mass is 9.99. The summed E-state index contributed by atoms with van der Waals surface area (Å²) in [5.41, 5.74) is 0.419.